The Morgan fingerprint density at radius 1 is 0.897 bits per heavy atom. The van der Waals surface area contributed by atoms with Gasteiger partial charge in [-0.3, -0.25) is 4.79 Å². The first-order valence-corrected chi connectivity index (χ1v) is 15.0. The van der Waals surface area contributed by atoms with Gasteiger partial charge in [0, 0.05) is 12.5 Å². The Bertz CT molecular complexity index is 543. The Balaban J connectivity index is 2.48. The zero-order valence-electron chi connectivity index (χ0n) is 19.9. The SMILES string of the molecule is CCCCCCCCCCCCC(NC(C)=O)c1coc([Si](CC)(CC)CC)c1. The van der Waals surface area contributed by atoms with Gasteiger partial charge in [-0.2, -0.15) is 0 Å². The van der Waals surface area contributed by atoms with Crippen molar-refractivity contribution in [2.75, 3.05) is 0 Å². The molecule has 0 radical (unpaired) electrons. The molecule has 0 aliphatic carbocycles. The summed E-state index contributed by atoms with van der Waals surface area (Å²) < 4.78 is 6.08. The van der Waals surface area contributed by atoms with Crippen LogP contribution in [-0.2, 0) is 4.79 Å². The minimum Gasteiger partial charge on any atom is -0.474 e. The molecule has 1 rings (SSSR count). The van der Waals surface area contributed by atoms with Crippen LogP contribution in [0.4, 0.5) is 0 Å². The molecule has 0 aromatic carbocycles. The standard InChI is InChI=1S/C25H47NO2Si/c1-6-10-11-12-13-14-15-16-17-18-19-24(26-22(5)27)23-20-25(28-21-23)29(7-2,8-3)9-4/h20-21,24H,6-19H2,1-5H3,(H,26,27). The van der Waals surface area contributed by atoms with Crippen LogP contribution in [0.1, 0.15) is 117 Å². The summed E-state index contributed by atoms with van der Waals surface area (Å²) >= 11 is 0. The molecule has 1 amide bonds. The molecule has 168 valence electrons. The lowest BCUT2D eigenvalue weighted by Crippen LogP contribution is -2.45. The lowest BCUT2D eigenvalue weighted by molar-refractivity contribution is -0.119. The number of amides is 1. The van der Waals surface area contributed by atoms with Gasteiger partial charge in [0.25, 0.3) is 0 Å². The van der Waals surface area contributed by atoms with Crippen molar-refractivity contribution in [3.05, 3.63) is 17.9 Å². The number of nitrogens with one attached hydrogen (secondary N) is 1. The van der Waals surface area contributed by atoms with Crippen molar-refractivity contribution in [2.24, 2.45) is 0 Å². The first-order chi connectivity index (χ1) is 14.0. The minimum absolute atomic E-state index is 0.0508. The van der Waals surface area contributed by atoms with E-state index in [9.17, 15) is 4.79 Å². The van der Waals surface area contributed by atoms with Gasteiger partial charge < -0.3 is 9.73 Å². The van der Waals surface area contributed by atoms with Gasteiger partial charge in [0.2, 0.25) is 5.91 Å². The van der Waals surface area contributed by atoms with Crippen molar-refractivity contribution in [1.82, 2.24) is 5.32 Å². The lowest BCUT2D eigenvalue weighted by atomic mass is 10.0. The maximum absolute atomic E-state index is 11.7. The van der Waals surface area contributed by atoms with Gasteiger partial charge in [-0.1, -0.05) is 110 Å². The molecule has 0 aliphatic heterocycles. The molecular weight excluding hydrogens is 374 g/mol. The van der Waals surface area contributed by atoms with Crippen molar-refractivity contribution in [2.45, 2.75) is 129 Å². The molecule has 1 aromatic heterocycles. The van der Waals surface area contributed by atoms with Gasteiger partial charge >= 0.3 is 0 Å². The molecule has 1 unspecified atom stereocenters. The summed E-state index contributed by atoms with van der Waals surface area (Å²) in [6.45, 7) is 10.8. The van der Waals surface area contributed by atoms with Crippen LogP contribution in [0.3, 0.4) is 0 Å². The van der Waals surface area contributed by atoms with Gasteiger partial charge in [-0.05, 0) is 12.5 Å². The predicted octanol–water partition coefficient (Wildman–Crippen LogP) is 7.48. The van der Waals surface area contributed by atoms with Gasteiger partial charge in [-0.15, -0.1) is 0 Å². The number of furan rings is 1. The largest absolute Gasteiger partial charge is 0.474 e. The van der Waals surface area contributed by atoms with E-state index < -0.39 is 8.07 Å². The third-order valence-electron chi connectivity index (χ3n) is 6.80. The van der Waals surface area contributed by atoms with E-state index in [1.807, 2.05) is 6.26 Å². The van der Waals surface area contributed by atoms with Crippen LogP contribution in [0.5, 0.6) is 0 Å². The number of unbranched alkanes of at least 4 members (excludes halogenated alkanes) is 9. The second-order valence-corrected chi connectivity index (χ2v) is 14.0. The maximum atomic E-state index is 11.7. The summed E-state index contributed by atoms with van der Waals surface area (Å²) in [7, 11) is -1.50. The average Bonchev–Trinajstić information content (AvgIpc) is 3.20. The Morgan fingerprint density at radius 3 is 1.90 bits per heavy atom. The molecule has 0 fully saturated rings. The highest BCUT2D eigenvalue weighted by molar-refractivity contribution is 6.90. The van der Waals surface area contributed by atoms with E-state index in [1.165, 1.54) is 93.3 Å². The van der Waals surface area contributed by atoms with Crippen molar-refractivity contribution in [3.8, 4) is 0 Å². The van der Waals surface area contributed by atoms with E-state index in [2.05, 4.69) is 39.1 Å². The monoisotopic (exact) mass is 421 g/mol. The third-order valence-corrected chi connectivity index (χ3v) is 12.2. The fourth-order valence-electron chi connectivity index (χ4n) is 4.49. The van der Waals surface area contributed by atoms with Gasteiger partial charge in [-0.25, -0.2) is 0 Å². The molecule has 0 saturated carbocycles. The zero-order valence-corrected chi connectivity index (χ0v) is 20.9. The van der Waals surface area contributed by atoms with Crippen molar-refractivity contribution in [3.63, 3.8) is 0 Å². The fraction of sp³-hybridized carbons (Fsp3) is 0.800. The molecule has 1 N–H and O–H groups in total. The maximum Gasteiger partial charge on any atom is 0.217 e. The van der Waals surface area contributed by atoms with Crippen molar-refractivity contribution in [1.29, 1.82) is 0 Å². The van der Waals surface area contributed by atoms with Crippen molar-refractivity contribution >= 4 is 19.4 Å². The Labute approximate surface area is 181 Å². The smallest absolute Gasteiger partial charge is 0.217 e. The average molecular weight is 422 g/mol. The Hall–Kier alpha value is -1.03. The molecule has 0 saturated heterocycles. The summed E-state index contributed by atoms with van der Waals surface area (Å²) in [6, 6.07) is 6.01. The topological polar surface area (TPSA) is 42.2 Å². The second-order valence-electron chi connectivity index (χ2n) is 8.81. The summed E-state index contributed by atoms with van der Waals surface area (Å²) in [5.74, 6) is 0.0508. The second kappa shape index (κ2) is 14.9. The van der Waals surface area contributed by atoms with Gasteiger partial charge in [0.15, 0.2) is 0 Å². The quantitative estimate of drug-likeness (QED) is 0.209. The molecule has 4 heteroatoms. The number of hydrogen-bond donors (Lipinski definition) is 1. The Kier molecular flexibility index (Phi) is 13.3. The molecule has 0 aliphatic rings. The molecule has 29 heavy (non-hydrogen) atoms. The summed E-state index contributed by atoms with van der Waals surface area (Å²) in [6.07, 6.45) is 16.3. The molecule has 0 spiro atoms. The van der Waals surface area contributed by atoms with Crippen LogP contribution in [0, 0.1) is 0 Å². The zero-order chi connectivity index (χ0) is 21.5. The normalized spacial score (nSPS) is 12.9. The third kappa shape index (κ3) is 9.11. The summed E-state index contributed by atoms with van der Waals surface area (Å²) in [5.41, 5.74) is 1.17. The Morgan fingerprint density at radius 2 is 1.41 bits per heavy atom. The highest BCUT2D eigenvalue weighted by atomic mass is 28.3. The fourth-order valence-corrected chi connectivity index (χ4v) is 7.82. The van der Waals surface area contributed by atoms with Crippen LogP contribution in [0.15, 0.2) is 16.7 Å². The number of rotatable bonds is 17. The van der Waals surface area contributed by atoms with Crippen LogP contribution in [0.2, 0.25) is 18.1 Å². The van der Waals surface area contributed by atoms with E-state index in [0.717, 1.165) is 6.42 Å². The first kappa shape index (κ1) is 26.0. The first-order valence-electron chi connectivity index (χ1n) is 12.4. The van der Waals surface area contributed by atoms with E-state index in [1.54, 1.807) is 6.92 Å². The molecule has 3 nitrogen and oxygen atoms in total. The minimum atomic E-state index is -1.50. The van der Waals surface area contributed by atoms with Crippen LogP contribution in [-0.4, -0.2) is 14.0 Å². The number of hydrogen-bond acceptors (Lipinski definition) is 2. The highest BCUT2D eigenvalue weighted by Gasteiger charge is 2.33. The van der Waals surface area contributed by atoms with E-state index in [4.69, 9.17) is 4.42 Å². The molecular formula is C25H47NO2Si. The van der Waals surface area contributed by atoms with Crippen molar-refractivity contribution < 1.29 is 9.21 Å². The predicted molar refractivity (Wildman–Crippen MR) is 129 cm³/mol. The highest BCUT2D eigenvalue weighted by Crippen LogP contribution is 2.25. The number of carbonyl (C=O) groups is 1. The van der Waals surface area contributed by atoms with E-state index >= 15 is 0 Å². The van der Waals surface area contributed by atoms with Gasteiger partial charge in [0.05, 0.1) is 17.7 Å². The van der Waals surface area contributed by atoms with Crippen LogP contribution in [0.25, 0.3) is 0 Å². The molecule has 1 aromatic rings. The van der Waals surface area contributed by atoms with Crippen LogP contribution >= 0.6 is 0 Å². The summed E-state index contributed by atoms with van der Waals surface area (Å²) in [5, 5.41) is 4.38. The van der Waals surface area contributed by atoms with E-state index in [-0.39, 0.29) is 11.9 Å². The molecule has 1 atom stereocenters. The van der Waals surface area contributed by atoms with Gasteiger partial charge in [0.1, 0.15) is 8.07 Å². The summed E-state index contributed by atoms with van der Waals surface area (Å²) in [4.78, 5) is 11.7. The molecule has 0 bridgehead atoms. The van der Waals surface area contributed by atoms with E-state index in [0.29, 0.717) is 0 Å². The van der Waals surface area contributed by atoms with Crippen LogP contribution < -0.4 is 10.7 Å². The number of carbonyl (C=O) groups excluding carboxylic acids is 1. The molecule has 1 heterocycles. The lowest BCUT2D eigenvalue weighted by Gasteiger charge is -2.25.